The zero-order chi connectivity index (χ0) is 24.3. The molecule has 0 spiro atoms. The van der Waals surface area contributed by atoms with Crippen LogP contribution in [0, 0.1) is 13.8 Å². The minimum atomic E-state index is -3.75. The molecule has 1 heterocycles. The summed E-state index contributed by atoms with van der Waals surface area (Å²) in [6.07, 6.45) is 1.95. The van der Waals surface area contributed by atoms with Crippen molar-refractivity contribution in [1.29, 1.82) is 0 Å². The van der Waals surface area contributed by atoms with Crippen molar-refractivity contribution in [1.82, 2.24) is 4.31 Å². The van der Waals surface area contributed by atoms with E-state index in [1.165, 1.54) is 26.2 Å². The van der Waals surface area contributed by atoms with Gasteiger partial charge in [-0.25, -0.2) is 17.5 Å². The van der Waals surface area contributed by atoms with Crippen molar-refractivity contribution < 1.29 is 22.7 Å². The summed E-state index contributed by atoms with van der Waals surface area (Å²) in [5.41, 5.74) is 2.91. The second-order valence-corrected chi connectivity index (χ2v) is 10.8. The molecule has 1 fully saturated rings. The van der Waals surface area contributed by atoms with Crippen molar-refractivity contribution in [2.45, 2.75) is 31.6 Å². The van der Waals surface area contributed by atoms with Crippen LogP contribution in [0.4, 0.5) is 11.4 Å². The van der Waals surface area contributed by atoms with E-state index in [2.05, 4.69) is 5.32 Å². The molecule has 1 aliphatic heterocycles. The van der Waals surface area contributed by atoms with Gasteiger partial charge < -0.3 is 15.0 Å². The summed E-state index contributed by atoms with van der Waals surface area (Å²) in [6, 6.07) is 8.02. The van der Waals surface area contributed by atoms with Crippen molar-refractivity contribution in [3.8, 4) is 0 Å². The summed E-state index contributed by atoms with van der Waals surface area (Å²) >= 11 is 6.23. The molecule has 1 amide bonds. The summed E-state index contributed by atoms with van der Waals surface area (Å²) in [6.45, 7) is 4.69. The van der Waals surface area contributed by atoms with Gasteiger partial charge in [-0.05, 0) is 62.1 Å². The van der Waals surface area contributed by atoms with Crippen LogP contribution in [0.3, 0.4) is 0 Å². The van der Waals surface area contributed by atoms with E-state index >= 15 is 0 Å². The number of esters is 1. The fourth-order valence-corrected chi connectivity index (χ4v) is 5.04. The highest BCUT2D eigenvalue weighted by molar-refractivity contribution is 7.89. The second kappa shape index (κ2) is 10.1. The van der Waals surface area contributed by atoms with E-state index in [1.807, 2.05) is 24.8 Å². The number of hydrogen-bond acceptors (Lipinski definition) is 6. The van der Waals surface area contributed by atoms with E-state index in [-0.39, 0.29) is 10.5 Å². The minimum absolute atomic E-state index is 0.0195. The molecule has 10 heteroatoms. The van der Waals surface area contributed by atoms with Crippen LogP contribution >= 0.6 is 11.6 Å². The van der Waals surface area contributed by atoms with Gasteiger partial charge in [-0.15, -0.1) is 0 Å². The summed E-state index contributed by atoms with van der Waals surface area (Å²) in [5.74, 6) is -1.31. The van der Waals surface area contributed by atoms with Gasteiger partial charge in [-0.3, -0.25) is 4.79 Å². The number of ether oxygens (including phenoxy) is 1. The lowest BCUT2D eigenvalue weighted by Crippen LogP contribution is -2.26. The third-order valence-electron chi connectivity index (χ3n) is 5.44. The first-order valence-electron chi connectivity index (χ1n) is 10.6. The van der Waals surface area contributed by atoms with Crippen molar-refractivity contribution in [3.63, 3.8) is 0 Å². The molecule has 2 aromatic rings. The zero-order valence-electron chi connectivity index (χ0n) is 19.1. The molecule has 2 aromatic carbocycles. The van der Waals surface area contributed by atoms with E-state index in [4.69, 9.17) is 16.3 Å². The number of carbonyl (C=O) groups excluding carboxylic acids is 2. The van der Waals surface area contributed by atoms with Gasteiger partial charge >= 0.3 is 5.97 Å². The Labute approximate surface area is 199 Å². The van der Waals surface area contributed by atoms with Crippen LogP contribution in [0.1, 0.15) is 34.3 Å². The summed E-state index contributed by atoms with van der Waals surface area (Å²) in [4.78, 5) is 27.4. The number of rotatable bonds is 7. The molecule has 1 N–H and O–H groups in total. The summed E-state index contributed by atoms with van der Waals surface area (Å²) in [7, 11) is -0.903. The van der Waals surface area contributed by atoms with Gasteiger partial charge in [-0.2, -0.15) is 0 Å². The van der Waals surface area contributed by atoms with Crippen LogP contribution in [-0.2, 0) is 19.6 Å². The number of nitrogens with one attached hydrogen (secondary N) is 1. The van der Waals surface area contributed by atoms with Crippen LogP contribution in [0.15, 0.2) is 35.2 Å². The molecule has 0 unspecified atom stereocenters. The molecule has 0 saturated carbocycles. The number of aryl methyl sites for hydroxylation is 2. The lowest BCUT2D eigenvalue weighted by atomic mass is 10.1. The molecule has 1 aliphatic rings. The van der Waals surface area contributed by atoms with Crippen molar-refractivity contribution in [3.05, 3.63) is 52.0 Å². The second-order valence-electron chi connectivity index (χ2n) is 8.22. The monoisotopic (exact) mass is 493 g/mol. The molecule has 3 rings (SSSR count). The normalized spacial score (nSPS) is 13.9. The first-order valence-corrected chi connectivity index (χ1v) is 12.4. The van der Waals surface area contributed by atoms with E-state index in [0.29, 0.717) is 16.4 Å². The van der Waals surface area contributed by atoms with E-state index in [0.717, 1.165) is 41.4 Å². The fraction of sp³-hybridized carbons (Fsp3) is 0.391. The highest BCUT2D eigenvalue weighted by atomic mass is 35.5. The van der Waals surface area contributed by atoms with Crippen LogP contribution in [0.5, 0.6) is 0 Å². The summed E-state index contributed by atoms with van der Waals surface area (Å²) in [5, 5.41) is 3.07. The number of sulfonamides is 1. The Morgan fingerprint density at radius 2 is 1.79 bits per heavy atom. The van der Waals surface area contributed by atoms with Gasteiger partial charge in [0, 0.05) is 27.2 Å². The number of anilines is 2. The van der Waals surface area contributed by atoms with Gasteiger partial charge in [0.2, 0.25) is 10.0 Å². The first kappa shape index (κ1) is 25.0. The molecular weight excluding hydrogens is 466 g/mol. The first-order chi connectivity index (χ1) is 15.5. The maximum absolute atomic E-state index is 12.9. The molecule has 0 aromatic heterocycles. The van der Waals surface area contributed by atoms with Gasteiger partial charge in [0.1, 0.15) is 0 Å². The average Bonchev–Trinajstić information content (AvgIpc) is 3.28. The van der Waals surface area contributed by atoms with E-state index in [9.17, 15) is 18.0 Å². The molecule has 178 valence electrons. The van der Waals surface area contributed by atoms with Gasteiger partial charge in [-0.1, -0.05) is 17.7 Å². The van der Waals surface area contributed by atoms with Crippen molar-refractivity contribution in [2.75, 3.05) is 44.0 Å². The molecule has 0 radical (unpaired) electrons. The van der Waals surface area contributed by atoms with E-state index < -0.39 is 28.5 Å². The predicted molar refractivity (Wildman–Crippen MR) is 129 cm³/mol. The summed E-state index contributed by atoms with van der Waals surface area (Å²) < 4.78 is 31.5. The average molecular weight is 494 g/mol. The van der Waals surface area contributed by atoms with Gasteiger partial charge in [0.15, 0.2) is 6.61 Å². The van der Waals surface area contributed by atoms with Gasteiger partial charge in [0.25, 0.3) is 5.91 Å². The number of benzene rings is 2. The quantitative estimate of drug-likeness (QED) is 0.592. The van der Waals surface area contributed by atoms with Crippen molar-refractivity contribution >= 4 is 44.9 Å². The molecule has 8 nitrogen and oxygen atoms in total. The number of carbonyl (C=O) groups is 2. The number of nitrogens with zero attached hydrogens (tertiary/aromatic N) is 2. The van der Waals surface area contributed by atoms with Crippen LogP contribution in [-0.4, -0.2) is 58.4 Å². The predicted octanol–water partition coefficient (Wildman–Crippen LogP) is 3.60. The highest BCUT2D eigenvalue weighted by Crippen LogP contribution is 2.29. The smallest absolute Gasteiger partial charge is 0.340 e. The Bertz CT molecular complexity index is 1150. The standard InChI is InChI=1S/C23H28ClN3O5S/c1-15-11-16(2)22(19(24)12-15)25-21(28)14-32-23(29)18-13-17(33(30,31)26(3)4)7-8-20(18)27-9-5-6-10-27/h7-8,11-13H,5-6,9-10,14H2,1-4H3,(H,25,28). The third kappa shape index (κ3) is 5.66. The molecular formula is C23H28ClN3O5S. The molecule has 33 heavy (non-hydrogen) atoms. The largest absolute Gasteiger partial charge is 0.452 e. The Kier molecular flexibility index (Phi) is 7.66. The highest BCUT2D eigenvalue weighted by Gasteiger charge is 2.26. The molecule has 0 atom stereocenters. The Morgan fingerprint density at radius 3 is 2.39 bits per heavy atom. The maximum Gasteiger partial charge on any atom is 0.340 e. The Morgan fingerprint density at radius 1 is 1.12 bits per heavy atom. The number of hydrogen-bond donors (Lipinski definition) is 1. The van der Waals surface area contributed by atoms with Crippen LogP contribution < -0.4 is 10.2 Å². The Hall–Kier alpha value is -2.62. The lowest BCUT2D eigenvalue weighted by molar-refractivity contribution is -0.119. The third-order valence-corrected chi connectivity index (χ3v) is 7.55. The van der Waals surface area contributed by atoms with Crippen molar-refractivity contribution in [2.24, 2.45) is 0 Å². The number of halogens is 1. The molecule has 1 saturated heterocycles. The zero-order valence-corrected chi connectivity index (χ0v) is 20.7. The topological polar surface area (TPSA) is 96.0 Å². The SMILES string of the molecule is Cc1cc(C)c(NC(=O)COC(=O)c2cc(S(=O)(=O)N(C)C)ccc2N2CCCC2)c(Cl)c1. The van der Waals surface area contributed by atoms with E-state index in [1.54, 1.807) is 12.1 Å². The molecule has 0 bridgehead atoms. The Balaban J connectivity index is 1.81. The number of amides is 1. The maximum atomic E-state index is 12.9. The fourth-order valence-electron chi connectivity index (χ4n) is 3.74. The van der Waals surface area contributed by atoms with Crippen LogP contribution in [0.2, 0.25) is 5.02 Å². The lowest BCUT2D eigenvalue weighted by Gasteiger charge is -2.22. The minimum Gasteiger partial charge on any atom is -0.452 e. The van der Waals surface area contributed by atoms with Crippen LogP contribution in [0.25, 0.3) is 0 Å². The molecule has 0 aliphatic carbocycles. The van der Waals surface area contributed by atoms with Gasteiger partial charge in [0.05, 0.1) is 26.9 Å².